The van der Waals surface area contributed by atoms with Crippen molar-refractivity contribution in [3.8, 4) is 11.3 Å². The van der Waals surface area contributed by atoms with Gasteiger partial charge in [-0.1, -0.05) is 25.4 Å². The van der Waals surface area contributed by atoms with Crippen LogP contribution >= 0.6 is 11.6 Å². The molecule has 0 saturated carbocycles. The molecule has 0 spiro atoms. The highest BCUT2D eigenvalue weighted by Crippen LogP contribution is 2.29. The first-order valence-electron chi connectivity index (χ1n) is 6.69. The van der Waals surface area contributed by atoms with Crippen molar-refractivity contribution in [1.29, 1.82) is 0 Å². The van der Waals surface area contributed by atoms with Crippen molar-refractivity contribution in [2.24, 2.45) is 0 Å². The van der Waals surface area contributed by atoms with Crippen LogP contribution in [0.4, 0.5) is 9.18 Å². The smallest absolute Gasteiger partial charge is 0.404 e. The molecule has 6 heteroatoms. The van der Waals surface area contributed by atoms with Gasteiger partial charge in [0.05, 0.1) is 5.69 Å². The quantitative estimate of drug-likeness (QED) is 0.833. The third-order valence-corrected chi connectivity index (χ3v) is 3.59. The Morgan fingerprint density at radius 3 is 2.55 bits per heavy atom. The summed E-state index contributed by atoms with van der Waals surface area (Å²) in [6.07, 6.45) is -1.08. The van der Waals surface area contributed by atoms with Gasteiger partial charge in [0.15, 0.2) is 0 Å². The third-order valence-electron chi connectivity index (χ3n) is 3.40. The van der Waals surface area contributed by atoms with E-state index in [1.807, 2.05) is 19.9 Å². The number of nitrogens with zero attached hydrogens (tertiary/aromatic N) is 1. The Bertz CT molecular complexity index is 687. The molecule has 22 heavy (non-hydrogen) atoms. The predicted octanol–water partition coefficient (Wildman–Crippen LogP) is 4.09. The van der Waals surface area contributed by atoms with Gasteiger partial charge >= 0.3 is 6.09 Å². The molecule has 0 aliphatic heterocycles. The number of benzene rings is 1. The molecule has 0 saturated heterocycles. The second-order valence-corrected chi connectivity index (χ2v) is 6.00. The summed E-state index contributed by atoms with van der Waals surface area (Å²) in [5.74, 6) is -0.322. The van der Waals surface area contributed by atoms with E-state index in [1.54, 1.807) is 18.2 Å². The molecule has 1 amide bonds. The van der Waals surface area contributed by atoms with Crippen molar-refractivity contribution in [2.75, 3.05) is 6.54 Å². The minimum atomic E-state index is -1.08. The summed E-state index contributed by atoms with van der Waals surface area (Å²) in [5, 5.41) is 11.4. The SMILES string of the molecule is CC(C)(CNC(=O)O)c1cc(Cl)nc(-c2ccc(F)cc2)c1. The summed E-state index contributed by atoms with van der Waals surface area (Å²) in [5.41, 5.74) is 1.75. The maximum Gasteiger partial charge on any atom is 0.404 e. The molecule has 0 atom stereocenters. The zero-order chi connectivity index (χ0) is 16.3. The summed E-state index contributed by atoms with van der Waals surface area (Å²) in [6, 6.07) is 9.50. The molecule has 1 aromatic heterocycles. The molecule has 0 unspecified atom stereocenters. The van der Waals surface area contributed by atoms with Gasteiger partial charge in [0.1, 0.15) is 11.0 Å². The molecule has 0 aliphatic carbocycles. The molecule has 2 N–H and O–H groups in total. The van der Waals surface area contributed by atoms with Crippen LogP contribution in [0.25, 0.3) is 11.3 Å². The molecule has 2 rings (SSSR count). The van der Waals surface area contributed by atoms with Crippen LogP contribution < -0.4 is 5.32 Å². The third kappa shape index (κ3) is 3.95. The normalized spacial score (nSPS) is 11.3. The lowest BCUT2D eigenvalue weighted by atomic mass is 9.84. The van der Waals surface area contributed by atoms with Crippen molar-refractivity contribution < 1.29 is 14.3 Å². The zero-order valence-electron chi connectivity index (χ0n) is 12.2. The van der Waals surface area contributed by atoms with Crippen LogP contribution in [0, 0.1) is 5.82 Å². The van der Waals surface area contributed by atoms with E-state index in [1.165, 1.54) is 12.1 Å². The molecule has 0 bridgehead atoms. The van der Waals surface area contributed by atoms with Crippen LogP contribution in [0.15, 0.2) is 36.4 Å². The van der Waals surface area contributed by atoms with Crippen molar-refractivity contribution in [2.45, 2.75) is 19.3 Å². The lowest BCUT2D eigenvalue weighted by molar-refractivity contribution is 0.192. The number of pyridine rings is 1. The van der Waals surface area contributed by atoms with E-state index < -0.39 is 11.5 Å². The van der Waals surface area contributed by atoms with E-state index in [-0.39, 0.29) is 12.4 Å². The number of amides is 1. The van der Waals surface area contributed by atoms with Gasteiger partial charge in [-0.25, -0.2) is 14.2 Å². The highest BCUT2D eigenvalue weighted by Gasteiger charge is 2.23. The van der Waals surface area contributed by atoms with Crippen LogP contribution in [0.2, 0.25) is 5.15 Å². The van der Waals surface area contributed by atoms with Crippen LogP contribution in [0.5, 0.6) is 0 Å². The first kappa shape index (κ1) is 16.2. The number of nitrogens with one attached hydrogen (secondary N) is 1. The number of rotatable bonds is 4. The van der Waals surface area contributed by atoms with E-state index in [2.05, 4.69) is 10.3 Å². The highest BCUT2D eigenvalue weighted by atomic mass is 35.5. The number of aromatic nitrogens is 1. The van der Waals surface area contributed by atoms with Crippen molar-refractivity contribution in [3.05, 3.63) is 52.9 Å². The summed E-state index contributed by atoms with van der Waals surface area (Å²) in [7, 11) is 0. The lowest BCUT2D eigenvalue weighted by Crippen LogP contribution is -2.35. The van der Waals surface area contributed by atoms with Crippen molar-refractivity contribution in [1.82, 2.24) is 10.3 Å². The average Bonchev–Trinajstić information content (AvgIpc) is 2.45. The Balaban J connectivity index is 2.37. The molecule has 4 nitrogen and oxygen atoms in total. The van der Waals surface area contributed by atoms with Gasteiger partial charge < -0.3 is 10.4 Å². The lowest BCUT2D eigenvalue weighted by Gasteiger charge is -2.25. The Morgan fingerprint density at radius 2 is 1.95 bits per heavy atom. The summed E-state index contributed by atoms with van der Waals surface area (Å²) in [4.78, 5) is 14.9. The van der Waals surface area contributed by atoms with E-state index in [4.69, 9.17) is 16.7 Å². The fourth-order valence-electron chi connectivity index (χ4n) is 2.05. The Kier molecular flexibility index (Phi) is 4.66. The Labute approximate surface area is 133 Å². The molecule has 0 radical (unpaired) electrons. The number of carboxylic acid groups (broad SMARTS) is 1. The molecule has 0 aliphatic rings. The molecule has 0 fully saturated rings. The Morgan fingerprint density at radius 1 is 1.32 bits per heavy atom. The van der Waals surface area contributed by atoms with Gasteiger partial charge in [0, 0.05) is 17.5 Å². The van der Waals surface area contributed by atoms with Gasteiger partial charge in [-0.05, 0) is 42.0 Å². The predicted molar refractivity (Wildman–Crippen MR) is 83.7 cm³/mol. The van der Waals surface area contributed by atoms with Crippen molar-refractivity contribution in [3.63, 3.8) is 0 Å². The molecule has 2 aromatic rings. The van der Waals surface area contributed by atoms with Crippen LogP contribution in [-0.4, -0.2) is 22.7 Å². The standard InChI is InChI=1S/C16H16ClFN2O2/c1-16(2,9-19-15(21)22)11-7-13(20-14(17)8-11)10-3-5-12(18)6-4-10/h3-8,19H,9H2,1-2H3,(H,21,22). The number of carbonyl (C=O) groups is 1. The molecule has 1 heterocycles. The van der Waals surface area contributed by atoms with Gasteiger partial charge in [0.2, 0.25) is 0 Å². The van der Waals surface area contributed by atoms with Crippen LogP contribution in [0.1, 0.15) is 19.4 Å². The van der Waals surface area contributed by atoms with E-state index in [9.17, 15) is 9.18 Å². The van der Waals surface area contributed by atoms with Gasteiger partial charge in [-0.15, -0.1) is 0 Å². The van der Waals surface area contributed by atoms with E-state index in [0.717, 1.165) is 11.1 Å². The largest absolute Gasteiger partial charge is 0.465 e. The Hall–Kier alpha value is -2.14. The molecular formula is C16H16ClFN2O2. The summed E-state index contributed by atoms with van der Waals surface area (Å²) >= 11 is 6.08. The maximum atomic E-state index is 13.0. The fraction of sp³-hybridized carbons (Fsp3) is 0.250. The second kappa shape index (κ2) is 6.32. The van der Waals surface area contributed by atoms with Gasteiger partial charge in [-0.3, -0.25) is 0 Å². The topological polar surface area (TPSA) is 62.2 Å². The monoisotopic (exact) mass is 322 g/mol. The number of halogens is 2. The minimum absolute atomic E-state index is 0.242. The maximum absolute atomic E-state index is 13.0. The molecule has 116 valence electrons. The number of hydrogen-bond donors (Lipinski definition) is 2. The van der Waals surface area contributed by atoms with E-state index in [0.29, 0.717) is 10.8 Å². The zero-order valence-corrected chi connectivity index (χ0v) is 13.0. The van der Waals surface area contributed by atoms with Gasteiger partial charge in [0.25, 0.3) is 0 Å². The summed E-state index contributed by atoms with van der Waals surface area (Å²) in [6.45, 7) is 4.05. The van der Waals surface area contributed by atoms with Crippen molar-refractivity contribution >= 4 is 17.7 Å². The molecule has 1 aromatic carbocycles. The fourth-order valence-corrected chi connectivity index (χ4v) is 2.26. The minimum Gasteiger partial charge on any atom is -0.465 e. The summed E-state index contributed by atoms with van der Waals surface area (Å²) < 4.78 is 13.0. The first-order valence-corrected chi connectivity index (χ1v) is 7.06. The second-order valence-electron chi connectivity index (χ2n) is 5.61. The number of hydrogen-bond acceptors (Lipinski definition) is 2. The highest BCUT2D eigenvalue weighted by molar-refractivity contribution is 6.29. The molecular weight excluding hydrogens is 307 g/mol. The first-order chi connectivity index (χ1) is 10.3. The van der Waals surface area contributed by atoms with E-state index >= 15 is 0 Å². The van der Waals surface area contributed by atoms with Crippen LogP contribution in [0.3, 0.4) is 0 Å². The average molecular weight is 323 g/mol. The van der Waals surface area contributed by atoms with Gasteiger partial charge in [-0.2, -0.15) is 0 Å². The van der Waals surface area contributed by atoms with Crippen LogP contribution in [-0.2, 0) is 5.41 Å².